The standard InChI is InChI=1S/C24H36N2O.C3H4.CH4/c1-5-8-20(6-2)18-27-23-10-7-9-21(15-23)24(4)12-11-22-16-25-13-14-26(22)17-19(24)3;1-3-2;/h5-10,15,19,22,25H,11-14,16-18H2,1-4H3;1H,2H3;1H4/b8-5-,20-6+;;/t19?,22?,24-;;/m1../s1. The van der Waals surface area contributed by atoms with Crippen LogP contribution in [-0.4, -0.2) is 43.7 Å². The van der Waals surface area contributed by atoms with Crippen LogP contribution in [0.4, 0.5) is 0 Å². The van der Waals surface area contributed by atoms with Gasteiger partial charge in [0.2, 0.25) is 0 Å². The third-order valence-electron chi connectivity index (χ3n) is 6.72. The minimum Gasteiger partial charge on any atom is -0.489 e. The summed E-state index contributed by atoms with van der Waals surface area (Å²) in [6.45, 7) is 15.9. The van der Waals surface area contributed by atoms with E-state index in [1.54, 1.807) is 6.92 Å². The fourth-order valence-corrected chi connectivity index (χ4v) is 4.57. The maximum absolute atomic E-state index is 6.11. The van der Waals surface area contributed by atoms with Crippen LogP contribution in [0.15, 0.2) is 48.1 Å². The highest BCUT2D eigenvalue weighted by Gasteiger charge is 2.39. The van der Waals surface area contributed by atoms with Crippen LogP contribution < -0.4 is 10.1 Å². The second-order valence-corrected chi connectivity index (χ2v) is 8.68. The molecular weight excluding hydrogens is 380 g/mol. The second-order valence-electron chi connectivity index (χ2n) is 8.68. The van der Waals surface area contributed by atoms with Gasteiger partial charge in [-0.3, -0.25) is 4.90 Å². The molecule has 3 rings (SSSR count). The quantitative estimate of drug-likeness (QED) is 0.476. The highest BCUT2D eigenvalue weighted by Crippen LogP contribution is 2.41. The van der Waals surface area contributed by atoms with Crippen molar-refractivity contribution in [1.82, 2.24) is 10.2 Å². The lowest BCUT2D eigenvalue weighted by Crippen LogP contribution is -2.51. The third-order valence-corrected chi connectivity index (χ3v) is 6.72. The van der Waals surface area contributed by atoms with E-state index < -0.39 is 0 Å². The van der Waals surface area contributed by atoms with Gasteiger partial charge in [-0.1, -0.05) is 51.6 Å². The van der Waals surface area contributed by atoms with Crippen LogP contribution in [-0.2, 0) is 5.41 Å². The number of nitrogens with one attached hydrogen (secondary N) is 1. The average Bonchev–Trinajstić information content (AvgIpc) is 2.89. The van der Waals surface area contributed by atoms with Crippen molar-refractivity contribution in [2.75, 3.05) is 32.8 Å². The number of benzene rings is 1. The van der Waals surface area contributed by atoms with Gasteiger partial charge >= 0.3 is 0 Å². The lowest BCUT2D eigenvalue weighted by Gasteiger charge is -2.37. The summed E-state index contributed by atoms with van der Waals surface area (Å²) in [7, 11) is 0. The largest absolute Gasteiger partial charge is 0.489 e. The van der Waals surface area contributed by atoms with E-state index in [1.807, 2.05) is 6.92 Å². The first-order valence-corrected chi connectivity index (χ1v) is 11.3. The molecule has 0 radical (unpaired) electrons. The molecule has 172 valence electrons. The summed E-state index contributed by atoms with van der Waals surface area (Å²) in [6, 6.07) is 9.52. The molecule has 0 saturated carbocycles. The Labute approximate surface area is 192 Å². The van der Waals surface area contributed by atoms with Gasteiger partial charge in [0.15, 0.2) is 0 Å². The van der Waals surface area contributed by atoms with E-state index in [-0.39, 0.29) is 12.8 Å². The molecule has 1 N–H and O–H groups in total. The molecule has 2 unspecified atom stereocenters. The number of ether oxygens (including phenoxy) is 1. The number of hydrogen-bond acceptors (Lipinski definition) is 3. The highest BCUT2D eigenvalue weighted by atomic mass is 16.5. The summed E-state index contributed by atoms with van der Waals surface area (Å²) in [4.78, 5) is 2.71. The number of allylic oxidation sites excluding steroid dienone is 2. The van der Waals surface area contributed by atoms with Gasteiger partial charge in [0.25, 0.3) is 0 Å². The van der Waals surface area contributed by atoms with Crippen molar-refractivity contribution in [2.24, 2.45) is 5.92 Å². The molecule has 2 aliphatic heterocycles. The molecule has 3 atom stereocenters. The van der Waals surface area contributed by atoms with Crippen LogP contribution in [0.1, 0.15) is 60.5 Å². The number of nitrogens with zero attached hydrogens (tertiary/aromatic N) is 1. The Balaban J connectivity index is 0.00000113. The predicted octanol–water partition coefficient (Wildman–Crippen LogP) is 5.82. The topological polar surface area (TPSA) is 24.5 Å². The minimum absolute atomic E-state index is 0. The van der Waals surface area contributed by atoms with Crippen LogP contribution in [0.3, 0.4) is 0 Å². The number of rotatable bonds is 5. The molecule has 0 spiro atoms. The Morgan fingerprint density at radius 1 is 1.39 bits per heavy atom. The van der Waals surface area contributed by atoms with Gasteiger partial charge in [-0.05, 0) is 68.2 Å². The van der Waals surface area contributed by atoms with Crippen LogP contribution in [0, 0.1) is 18.3 Å². The van der Waals surface area contributed by atoms with Gasteiger partial charge in [-0.2, -0.15) is 0 Å². The Morgan fingerprint density at radius 3 is 2.81 bits per heavy atom. The van der Waals surface area contributed by atoms with Gasteiger partial charge in [-0.15, -0.1) is 12.3 Å². The highest BCUT2D eigenvalue weighted by molar-refractivity contribution is 5.35. The Hall–Kier alpha value is -2.02. The van der Waals surface area contributed by atoms with Crippen molar-refractivity contribution in [1.29, 1.82) is 0 Å². The first-order chi connectivity index (χ1) is 14.5. The summed E-state index contributed by atoms with van der Waals surface area (Å²) in [5.74, 6) is 3.86. The Morgan fingerprint density at radius 2 is 2.13 bits per heavy atom. The zero-order chi connectivity index (χ0) is 22.0. The first kappa shape index (κ1) is 27.0. The van der Waals surface area contributed by atoms with Crippen molar-refractivity contribution in [3.05, 3.63) is 53.6 Å². The first-order valence-electron chi connectivity index (χ1n) is 11.3. The van der Waals surface area contributed by atoms with Crippen molar-refractivity contribution in [3.8, 4) is 18.1 Å². The SMILES string of the molecule is C.C#CC.C/C=C\C(=C/C)COc1cccc([C@]2(C)CCC3CNCCN3CC2C)c1. The van der Waals surface area contributed by atoms with Crippen molar-refractivity contribution < 1.29 is 4.74 Å². The van der Waals surface area contributed by atoms with E-state index in [1.165, 1.54) is 37.1 Å². The number of hydrogen-bond donors (Lipinski definition) is 1. The normalized spacial score (nSPS) is 26.5. The smallest absolute Gasteiger partial charge is 0.120 e. The molecule has 1 aromatic carbocycles. The second kappa shape index (κ2) is 13.4. The van der Waals surface area contributed by atoms with E-state index in [2.05, 4.69) is 85.8 Å². The van der Waals surface area contributed by atoms with E-state index >= 15 is 0 Å². The molecule has 3 nitrogen and oxygen atoms in total. The van der Waals surface area contributed by atoms with Gasteiger partial charge in [0.1, 0.15) is 12.4 Å². The number of fused-ring (bicyclic) bond motifs is 1. The molecule has 0 amide bonds. The maximum Gasteiger partial charge on any atom is 0.120 e. The summed E-state index contributed by atoms with van der Waals surface area (Å²) in [6.07, 6.45) is 13.4. The molecule has 0 bridgehead atoms. The molecule has 2 fully saturated rings. The fourth-order valence-electron chi connectivity index (χ4n) is 4.57. The molecule has 1 aromatic rings. The zero-order valence-corrected chi connectivity index (χ0v) is 19.6. The summed E-state index contributed by atoms with van der Waals surface area (Å²) in [5, 5.41) is 3.57. The summed E-state index contributed by atoms with van der Waals surface area (Å²) < 4.78 is 6.11. The van der Waals surface area contributed by atoms with Gasteiger partial charge in [0, 0.05) is 32.2 Å². The van der Waals surface area contributed by atoms with Crippen molar-refractivity contribution in [3.63, 3.8) is 0 Å². The van der Waals surface area contributed by atoms with Crippen LogP contribution in [0.5, 0.6) is 5.75 Å². The number of terminal acetylenes is 1. The van der Waals surface area contributed by atoms with Crippen LogP contribution in [0.25, 0.3) is 0 Å². The summed E-state index contributed by atoms with van der Waals surface area (Å²) >= 11 is 0. The molecule has 2 saturated heterocycles. The minimum atomic E-state index is 0. The molecule has 2 heterocycles. The summed E-state index contributed by atoms with van der Waals surface area (Å²) in [5.41, 5.74) is 2.83. The molecule has 31 heavy (non-hydrogen) atoms. The molecule has 0 aliphatic carbocycles. The van der Waals surface area contributed by atoms with E-state index in [9.17, 15) is 0 Å². The average molecular weight is 425 g/mol. The van der Waals surface area contributed by atoms with E-state index in [0.717, 1.165) is 18.8 Å². The number of piperazine rings is 1. The molecule has 0 aromatic heterocycles. The van der Waals surface area contributed by atoms with E-state index in [4.69, 9.17) is 4.74 Å². The zero-order valence-electron chi connectivity index (χ0n) is 19.6. The monoisotopic (exact) mass is 424 g/mol. The fraction of sp³-hybridized carbons (Fsp3) is 0.571. The molecule has 3 heteroatoms. The third kappa shape index (κ3) is 7.27. The molecule has 2 aliphatic rings. The predicted molar refractivity (Wildman–Crippen MR) is 136 cm³/mol. The van der Waals surface area contributed by atoms with Gasteiger partial charge in [0.05, 0.1) is 0 Å². The van der Waals surface area contributed by atoms with E-state index in [0.29, 0.717) is 18.6 Å². The van der Waals surface area contributed by atoms with Crippen molar-refractivity contribution in [2.45, 2.75) is 66.3 Å². The maximum atomic E-state index is 6.11. The van der Waals surface area contributed by atoms with Crippen LogP contribution >= 0.6 is 0 Å². The van der Waals surface area contributed by atoms with Crippen molar-refractivity contribution >= 4 is 0 Å². The lowest BCUT2D eigenvalue weighted by atomic mass is 9.70. The van der Waals surface area contributed by atoms with Gasteiger partial charge < -0.3 is 10.1 Å². The van der Waals surface area contributed by atoms with Gasteiger partial charge in [-0.25, -0.2) is 0 Å². The Bertz CT molecular complexity index is 761. The lowest BCUT2D eigenvalue weighted by molar-refractivity contribution is 0.145. The molecular formula is C28H44N2O. The Kier molecular flexibility index (Phi) is 11.7. The van der Waals surface area contributed by atoms with Crippen LogP contribution in [0.2, 0.25) is 0 Å².